The standard InChI is InChI=1S/C14H13N3O3/c15-17-16-11-10-8-4-2-1-3-7(8)5-6-9(10)12(18)14(20)13(11)19/h1-6,11-14,18-20H/t11-,12+,13+,14-/m1/s1. The maximum atomic E-state index is 10.1. The number of rotatable bonds is 1. The van der Waals surface area contributed by atoms with Crippen LogP contribution in [0.3, 0.4) is 0 Å². The number of hydrogen-bond donors (Lipinski definition) is 3. The third-order valence-corrected chi connectivity index (χ3v) is 3.79. The molecule has 0 spiro atoms. The van der Waals surface area contributed by atoms with Crippen LogP contribution in [0, 0.1) is 0 Å². The summed E-state index contributed by atoms with van der Waals surface area (Å²) in [6.07, 6.45) is -3.91. The van der Waals surface area contributed by atoms with Crippen LogP contribution in [0.25, 0.3) is 21.2 Å². The van der Waals surface area contributed by atoms with Crippen molar-refractivity contribution in [3.63, 3.8) is 0 Å². The first kappa shape index (κ1) is 12.9. The van der Waals surface area contributed by atoms with Crippen LogP contribution in [0.4, 0.5) is 0 Å². The van der Waals surface area contributed by atoms with E-state index in [0.717, 1.165) is 10.8 Å². The Hall–Kier alpha value is -2.11. The fraction of sp³-hybridized carbons (Fsp3) is 0.286. The van der Waals surface area contributed by atoms with Gasteiger partial charge in [-0.1, -0.05) is 41.5 Å². The predicted octanol–water partition coefficient (Wildman–Crippen LogP) is 1.96. The molecule has 0 saturated carbocycles. The van der Waals surface area contributed by atoms with Gasteiger partial charge in [0.25, 0.3) is 0 Å². The summed E-state index contributed by atoms with van der Waals surface area (Å²) in [6.45, 7) is 0. The molecule has 0 saturated heterocycles. The quantitative estimate of drug-likeness (QED) is 0.419. The van der Waals surface area contributed by atoms with Gasteiger partial charge in [0.05, 0.1) is 12.1 Å². The molecule has 0 bridgehead atoms. The normalized spacial score (nSPS) is 28.8. The molecule has 4 atom stereocenters. The third-order valence-electron chi connectivity index (χ3n) is 3.79. The first-order valence-electron chi connectivity index (χ1n) is 6.25. The van der Waals surface area contributed by atoms with Gasteiger partial charge in [0.15, 0.2) is 0 Å². The maximum Gasteiger partial charge on any atom is 0.111 e. The van der Waals surface area contributed by atoms with Crippen molar-refractivity contribution in [2.45, 2.75) is 24.4 Å². The molecule has 1 aliphatic rings. The van der Waals surface area contributed by atoms with Crippen LogP contribution in [0.5, 0.6) is 0 Å². The second kappa shape index (κ2) is 4.77. The lowest BCUT2D eigenvalue weighted by Crippen LogP contribution is -2.41. The fourth-order valence-electron chi connectivity index (χ4n) is 2.81. The van der Waals surface area contributed by atoms with Gasteiger partial charge in [0, 0.05) is 4.91 Å². The van der Waals surface area contributed by atoms with Gasteiger partial charge >= 0.3 is 0 Å². The minimum absolute atomic E-state index is 0.485. The molecule has 2 aromatic carbocycles. The molecule has 6 heteroatoms. The van der Waals surface area contributed by atoms with Gasteiger partial charge in [-0.2, -0.15) is 0 Å². The third kappa shape index (κ3) is 1.75. The summed E-state index contributed by atoms with van der Waals surface area (Å²) in [4.78, 5) is 2.75. The summed E-state index contributed by atoms with van der Waals surface area (Å²) in [5.41, 5.74) is 9.75. The molecular formula is C14H13N3O3. The van der Waals surface area contributed by atoms with E-state index in [1.165, 1.54) is 0 Å². The highest BCUT2D eigenvalue weighted by Gasteiger charge is 2.40. The minimum atomic E-state index is -1.38. The minimum Gasteiger partial charge on any atom is -0.390 e. The molecule has 0 heterocycles. The Kier molecular flexibility index (Phi) is 3.08. The number of azide groups is 1. The van der Waals surface area contributed by atoms with Gasteiger partial charge in [0.2, 0.25) is 0 Å². The highest BCUT2D eigenvalue weighted by Crippen LogP contribution is 2.42. The molecule has 0 radical (unpaired) electrons. The summed E-state index contributed by atoms with van der Waals surface area (Å²) in [6, 6.07) is 10.0. The Balaban J connectivity index is 2.36. The van der Waals surface area contributed by atoms with Crippen LogP contribution in [0.15, 0.2) is 41.5 Å². The van der Waals surface area contributed by atoms with E-state index in [-0.39, 0.29) is 0 Å². The van der Waals surface area contributed by atoms with Crippen molar-refractivity contribution >= 4 is 10.8 Å². The van der Waals surface area contributed by atoms with Crippen molar-refractivity contribution in [1.29, 1.82) is 0 Å². The Morgan fingerprint density at radius 3 is 2.50 bits per heavy atom. The summed E-state index contributed by atoms with van der Waals surface area (Å²) in [7, 11) is 0. The van der Waals surface area contributed by atoms with E-state index >= 15 is 0 Å². The fourth-order valence-corrected chi connectivity index (χ4v) is 2.81. The van der Waals surface area contributed by atoms with Gasteiger partial charge in [-0.3, -0.25) is 0 Å². The lowest BCUT2D eigenvalue weighted by Gasteiger charge is -2.35. The summed E-state index contributed by atoms with van der Waals surface area (Å²) in [5, 5.41) is 35.4. The van der Waals surface area contributed by atoms with Crippen LogP contribution in [-0.4, -0.2) is 27.5 Å². The SMILES string of the molecule is [N-]=[N+]=N[C@@H]1c2c(ccc3ccccc23)[C@H](O)[C@@H](O)[C@H]1O. The van der Waals surface area contributed by atoms with E-state index in [2.05, 4.69) is 10.0 Å². The Morgan fingerprint density at radius 1 is 1.00 bits per heavy atom. The average Bonchev–Trinajstić information content (AvgIpc) is 2.48. The second-order valence-electron chi connectivity index (χ2n) is 4.87. The molecule has 2 aromatic rings. The molecule has 3 N–H and O–H groups in total. The van der Waals surface area contributed by atoms with E-state index in [4.69, 9.17) is 5.53 Å². The van der Waals surface area contributed by atoms with Gasteiger partial charge < -0.3 is 15.3 Å². The molecule has 0 unspecified atom stereocenters. The van der Waals surface area contributed by atoms with Crippen molar-refractivity contribution in [3.8, 4) is 0 Å². The lowest BCUT2D eigenvalue weighted by atomic mass is 9.79. The predicted molar refractivity (Wildman–Crippen MR) is 72.8 cm³/mol. The molecule has 20 heavy (non-hydrogen) atoms. The zero-order valence-electron chi connectivity index (χ0n) is 10.5. The Labute approximate surface area is 114 Å². The summed E-state index contributed by atoms with van der Waals surface area (Å²) < 4.78 is 0. The number of hydrogen-bond acceptors (Lipinski definition) is 4. The van der Waals surface area contributed by atoms with E-state index in [1.54, 1.807) is 6.07 Å². The molecule has 0 amide bonds. The number of benzene rings is 2. The Morgan fingerprint density at radius 2 is 1.75 bits per heavy atom. The molecule has 6 nitrogen and oxygen atoms in total. The number of fused-ring (bicyclic) bond motifs is 3. The molecule has 102 valence electrons. The molecule has 3 rings (SSSR count). The smallest absolute Gasteiger partial charge is 0.111 e. The van der Waals surface area contributed by atoms with E-state index in [1.807, 2.05) is 30.3 Å². The van der Waals surface area contributed by atoms with Gasteiger partial charge in [0.1, 0.15) is 12.2 Å². The van der Waals surface area contributed by atoms with Gasteiger partial charge in [-0.05, 0) is 27.4 Å². The van der Waals surface area contributed by atoms with Crippen molar-refractivity contribution in [2.75, 3.05) is 0 Å². The first-order valence-corrected chi connectivity index (χ1v) is 6.25. The second-order valence-corrected chi connectivity index (χ2v) is 4.87. The van der Waals surface area contributed by atoms with Crippen molar-refractivity contribution in [1.82, 2.24) is 0 Å². The number of aliphatic hydroxyl groups is 3. The average molecular weight is 271 g/mol. The Bertz CT molecular complexity index is 712. The number of aliphatic hydroxyl groups excluding tert-OH is 3. The van der Waals surface area contributed by atoms with Crippen molar-refractivity contribution in [3.05, 3.63) is 58.0 Å². The molecule has 0 aliphatic heterocycles. The highest BCUT2D eigenvalue weighted by molar-refractivity contribution is 5.87. The number of nitrogens with zero attached hydrogens (tertiary/aromatic N) is 3. The summed E-state index contributed by atoms with van der Waals surface area (Å²) >= 11 is 0. The van der Waals surface area contributed by atoms with E-state index < -0.39 is 24.4 Å². The van der Waals surface area contributed by atoms with Crippen molar-refractivity contribution < 1.29 is 15.3 Å². The molecule has 0 aromatic heterocycles. The van der Waals surface area contributed by atoms with Crippen molar-refractivity contribution in [2.24, 2.45) is 5.11 Å². The molecular weight excluding hydrogens is 258 g/mol. The lowest BCUT2D eigenvalue weighted by molar-refractivity contribution is -0.0792. The maximum absolute atomic E-state index is 10.1. The van der Waals surface area contributed by atoms with Crippen LogP contribution >= 0.6 is 0 Å². The molecule has 0 fully saturated rings. The first-order chi connectivity index (χ1) is 9.65. The zero-order valence-corrected chi connectivity index (χ0v) is 10.5. The monoisotopic (exact) mass is 271 g/mol. The van der Waals surface area contributed by atoms with Crippen LogP contribution in [0.2, 0.25) is 0 Å². The van der Waals surface area contributed by atoms with E-state index in [9.17, 15) is 15.3 Å². The largest absolute Gasteiger partial charge is 0.390 e. The van der Waals surface area contributed by atoms with Gasteiger partial charge in [-0.25, -0.2) is 0 Å². The zero-order chi connectivity index (χ0) is 14.3. The van der Waals surface area contributed by atoms with Crippen LogP contribution in [-0.2, 0) is 0 Å². The molecule has 1 aliphatic carbocycles. The van der Waals surface area contributed by atoms with Gasteiger partial charge in [-0.15, -0.1) is 0 Å². The van der Waals surface area contributed by atoms with Crippen LogP contribution < -0.4 is 0 Å². The van der Waals surface area contributed by atoms with Crippen LogP contribution in [0.1, 0.15) is 23.3 Å². The topological polar surface area (TPSA) is 109 Å². The van der Waals surface area contributed by atoms with E-state index in [0.29, 0.717) is 11.1 Å². The summed E-state index contributed by atoms with van der Waals surface area (Å²) in [5.74, 6) is 0. The highest BCUT2D eigenvalue weighted by atomic mass is 16.4.